The summed E-state index contributed by atoms with van der Waals surface area (Å²) >= 11 is 0. The Hall–Kier alpha value is -1.21. The van der Waals surface area contributed by atoms with Gasteiger partial charge in [-0.25, -0.2) is 14.4 Å². The van der Waals surface area contributed by atoms with Crippen molar-refractivity contribution in [2.45, 2.75) is 24.8 Å². The molecule has 1 saturated carbocycles. The van der Waals surface area contributed by atoms with E-state index in [9.17, 15) is 8.96 Å². The van der Waals surface area contributed by atoms with Gasteiger partial charge in [0, 0.05) is 29.4 Å². The van der Waals surface area contributed by atoms with Gasteiger partial charge >= 0.3 is 8.25 Å². The highest BCUT2D eigenvalue weighted by Crippen LogP contribution is 2.37. The number of ether oxygens (including phenoxy) is 1. The van der Waals surface area contributed by atoms with Crippen LogP contribution in [-0.2, 0) is 9.09 Å². The smallest absolute Gasteiger partial charge is 0.471 e. The molecule has 2 rings (SSSR count). The molecular formula is C10H13FN2O5P+. The lowest BCUT2D eigenvalue weighted by molar-refractivity contribution is 0.0388. The molecule has 2 N–H and O–H groups in total. The van der Waals surface area contributed by atoms with Gasteiger partial charge in [0.05, 0.1) is 0 Å². The van der Waals surface area contributed by atoms with E-state index in [4.69, 9.17) is 14.7 Å². The van der Waals surface area contributed by atoms with Gasteiger partial charge in [-0.15, -0.1) is 9.42 Å². The fraction of sp³-hybridized carbons (Fsp3) is 0.600. The van der Waals surface area contributed by atoms with Gasteiger partial charge in [0.1, 0.15) is 12.4 Å². The summed E-state index contributed by atoms with van der Waals surface area (Å²) in [4.78, 5) is 16.2. The minimum atomic E-state index is -2.93. The molecule has 0 amide bonds. The second kappa shape index (κ2) is 6.29. The van der Waals surface area contributed by atoms with E-state index >= 15 is 0 Å². The topological polar surface area (TPSA) is 102 Å². The minimum absolute atomic E-state index is 0.176. The van der Waals surface area contributed by atoms with E-state index in [1.807, 2.05) is 0 Å². The van der Waals surface area contributed by atoms with Crippen LogP contribution in [-0.4, -0.2) is 45.0 Å². The van der Waals surface area contributed by atoms with E-state index in [1.54, 1.807) is 0 Å². The summed E-state index contributed by atoms with van der Waals surface area (Å²) < 4.78 is 34.7. The third kappa shape index (κ3) is 3.42. The fourth-order valence-corrected chi connectivity index (χ4v) is 2.57. The molecule has 0 bridgehead atoms. The van der Waals surface area contributed by atoms with Gasteiger partial charge in [-0.2, -0.15) is 0 Å². The SMILES string of the molecule is O=[P+](O)O[C@@H]1[C@@H](CO)C[C@@H](Oc2ccncn2)[C@@H]1F. The van der Waals surface area contributed by atoms with Crippen LogP contribution in [0.3, 0.4) is 0 Å². The molecule has 7 nitrogen and oxygen atoms in total. The first-order valence-corrected chi connectivity index (χ1v) is 6.75. The van der Waals surface area contributed by atoms with Gasteiger partial charge in [-0.1, -0.05) is 0 Å². The second-order valence-corrected chi connectivity index (χ2v) is 4.82. The highest BCUT2D eigenvalue weighted by molar-refractivity contribution is 7.32. The number of nitrogens with zero attached hydrogens (tertiary/aromatic N) is 2. The van der Waals surface area contributed by atoms with Crippen molar-refractivity contribution in [1.29, 1.82) is 0 Å². The molecule has 0 aliphatic heterocycles. The van der Waals surface area contributed by atoms with E-state index in [0.29, 0.717) is 0 Å². The quantitative estimate of drug-likeness (QED) is 0.766. The molecule has 1 unspecified atom stereocenters. The van der Waals surface area contributed by atoms with Crippen molar-refractivity contribution >= 4 is 8.25 Å². The lowest BCUT2D eigenvalue weighted by Crippen LogP contribution is -2.31. The van der Waals surface area contributed by atoms with E-state index in [2.05, 4.69) is 14.5 Å². The number of hydrogen-bond acceptors (Lipinski definition) is 6. The molecule has 0 saturated heterocycles. The molecule has 1 heterocycles. The van der Waals surface area contributed by atoms with Gasteiger partial charge in [-0.05, 0) is 6.42 Å². The zero-order valence-electron chi connectivity index (χ0n) is 9.79. The van der Waals surface area contributed by atoms with Crippen LogP contribution in [0, 0.1) is 5.92 Å². The lowest BCUT2D eigenvalue weighted by atomic mass is 10.1. The Morgan fingerprint density at radius 3 is 2.95 bits per heavy atom. The Labute approximate surface area is 109 Å². The second-order valence-electron chi connectivity index (χ2n) is 4.13. The van der Waals surface area contributed by atoms with Crippen LogP contribution in [0.1, 0.15) is 6.42 Å². The maximum absolute atomic E-state index is 14.1. The van der Waals surface area contributed by atoms with Crippen molar-refractivity contribution in [3.63, 3.8) is 0 Å². The summed E-state index contributed by atoms with van der Waals surface area (Å²) in [6.07, 6.45) is -0.766. The first kappa shape index (κ1) is 14.2. The molecule has 9 heteroatoms. The van der Waals surface area contributed by atoms with Crippen molar-refractivity contribution in [1.82, 2.24) is 9.97 Å². The van der Waals surface area contributed by atoms with Crippen molar-refractivity contribution in [2.75, 3.05) is 6.61 Å². The van der Waals surface area contributed by atoms with Crippen molar-refractivity contribution in [2.24, 2.45) is 5.92 Å². The van der Waals surface area contributed by atoms with E-state index in [0.717, 1.165) is 0 Å². The molecule has 19 heavy (non-hydrogen) atoms. The predicted octanol–water partition coefficient (Wildman–Crippen LogP) is 0.609. The van der Waals surface area contributed by atoms with E-state index < -0.39 is 32.6 Å². The Morgan fingerprint density at radius 1 is 1.58 bits per heavy atom. The summed E-state index contributed by atoms with van der Waals surface area (Å²) in [5.74, 6) is -0.388. The Balaban J connectivity index is 2.05. The molecule has 1 fully saturated rings. The van der Waals surface area contributed by atoms with Gasteiger partial charge in [0.25, 0.3) is 0 Å². The Kier molecular flexibility index (Phi) is 4.71. The first-order chi connectivity index (χ1) is 9.11. The normalized spacial score (nSPS) is 31.2. The van der Waals surface area contributed by atoms with Crippen LogP contribution in [0.4, 0.5) is 4.39 Å². The Bertz CT molecular complexity index is 437. The molecule has 0 radical (unpaired) electrons. The lowest BCUT2D eigenvalue weighted by Gasteiger charge is -2.15. The van der Waals surface area contributed by atoms with Gasteiger partial charge < -0.3 is 9.84 Å². The van der Waals surface area contributed by atoms with Gasteiger partial charge in [0.15, 0.2) is 12.3 Å². The number of rotatable bonds is 5. The molecule has 104 valence electrons. The number of aromatic nitrogens is 2. The first-order valence-electron chi connectivity index (χ1n) is 5.62. The molecule has 1 aliphatic rings. The zero-order valence-corrected chi connectivity index (χ0v) is 10.7. The summed E-state index contributed by atoms with van der Waals surface area (Å²) in [6, 6.07) is 1.47. The predicted molar refractivity (Wildman–Crippen MR) is 61.2 cm³/mol. The molecule has 0 spiro atoms. The van der Waals surface area contributed by atoms with Crippen molar-refractivity contribution in [3.05, 3.63) is 18.6 Å². The largest absolute Gasteiger partial charge is 0.695 e. The van der Waals surface area contributed by atoms with Crippen LogP contribution in [0.5, 0.6) is 5.88 Å². The molecule has 5 atom stereocenters. The van der Waals surface area contributed by atoms with Crippen LogP contribution >= 0.6 is 8.25 Å². The van der Waals surface area contributed by atoms with Crippen LogP contribution in [0.15, 0.2) is 18.6 Å². The van der Waals surface area contributed by atoms with Crippen molar-refractivity contribution in [3.8, 4) is 5.88 Å². The molecular weight excluding hydrogens is 278 g/mol. The average molecular weight is 291 g/mol. The zero-order chi connectivity index (χ0) is 13.8. The third-order valence-corrected chi connectivity index (χ3v) is 3.37. The maximum Gasteiger partial charge on any atom is 0.695 e. The average Bonchev–Trinajstić information content (AvgIpc) is 2.68. The minimum Gasteiger partial charge on any atom is -0.471 e. The van der Waals surface area contributed by atoms with E-state index in [1.165, 1.54) is 18.6 Å². The summed E-state index contributed by atoms with van der Waals surface area (Å²) in [7, 11) is -2.93. The van der Waals surface area contributed by atoms with Gasteiger partial charge in [-0.3, -0.25) is 0 Å². The maximum atomic E-state index is 14.1. The summed E-state index contributed by atoms with van der Waals surface area (Å²) in [5, 5.41) is 9.15. The molecule has 1 aromatic rings. The number of aliphatic hydroxyl groups excluding tert-OH is 1. The Morgan fingerprint density at radius 2 is 2.37 bits per heavy atom. The van der Waals surface area contributed by atoms with Crippen molar-refractivity contribution < 1.29 is 28.2 Å². The molecule has 1 aliphatic carbocycles. The van der Waals surface area contributed by atoms with Crippen LogP contribution in [0.2, 0.25) is 0 Å². The number of aliphatic hydroxyl groups is 1. The molecule has 0 aromatic carbocycles. The van der Waals surface area contributed by atoms with Crippen LogP contribution < -0.4 is 4.74 Å². The number of halogens is 1. The monoisotopic (exact) mass is 291 g/mol. The number of hydrogen-bond donors (Lipinski definition) is 2. The third-order valence-electron chi connectivity index (χ3n) is 2.94. The fourth-order valence-electron chi connectivity index (χ4n) is 2.08. The summed E-state index contributed by atoms with van der Waals surface area (Å²) in [6.45, 7) is -0.349. The van der Waals surface area contributed by atoms with E-state index in [-0.39, 0.29) is 18.9 Å². The number of alkyl halides is 1. The highest BCUT2D eigenvalue weighted by Gasteiger charge is 2.50. The highest BCUT2D eigenvalue weighted by atomic mass is 31.1. The standard InChI is InChI=1S/C10H12FN2O5P/c11-9-7(17-8-1-2-12-5-13-8)3-6(4-14)10(9)18-19(15)16/h1-2,5-7,9-10,14H,3-4H2/p+1/t6-,7-,9+,10-/m1/s1. The summed E-state index contributed by atoms with van der Waals surface area (Å²) in [5.41, 5.74) is 0. The van der Waals surface area contributed by atoms with Crippen LogP contribution in [0.25, 0.3) is 0 Å². The van der Waals surface area contributed by atoms with Gasteiger partial charge in [0.2, 0.25) is 5.88 Å². The molecule has 1 aromatic heterocycles.